The van der Waals surface area contributed by atoms with Gasteiger partial charge in [0.15, 0.2) is 0 Å². The minimum atomic E-state index is -1.13. The van der Waals surface area contributed by atoms with Crippen molar-refractivity contribution in [1.29, 1.82) is 0 Å². The monoisotopic (exact) mass is 657 g/mol. The molecule has 0 bridgehead atoms. The summed E-state index contributed by atoms with van der Waals surface area (Å²) >= 11 is 3.46. The molecule has 3 aliphatic rings. The number of phenolic OH excluding ortho intramolecular Hbond substituents is 1. The van der Waals surface area contributed by atoms with Crippen LogP contribution in [0.2, 0.25) is 6.32 Å². The minimum Gasteiger partial charge on any atom is -0.507 e. The highest BCUT2D eigenvalue weighted by Gasteiger charge is 2.57. The summed E-state index contributed by atoms with van der Waals surface area (Å²) in [6.45, 7) is 1.94. The number of hydrogen-bond acceptors (Lipinski definition) is 8. The third kappa shape index (κ3) is 5.60. The third-order valence-corrected chi connectivity index (χ3v) is 9.23. The molecule has 3 aromatic rings. The molecule has 4 atom stereocenters. The first-order chi connectivity index (χ1) is 21.1. The van der Waals surface area contributed by atoms with Gasteiger partial charge in [-0.15, -0.1) is 0 Å². The van der Waals surface area contributed by atoms with Gasteiger partial charge in [0.2, 0.25) is 11.8 Å². The van der Waals surface area contributed by atoms with Crippen LogP contribution in [-0.4, -0.2) is 45.1 Å². The van der Waals surface area contributed by atoms with E-state index in [1.54, 1.807) is 18.3 Å². The number of benzene rings is 2. The number of imide groups is 1. The number of amides is 2. The molecule has 2 aromatic carbocycles. The Morgan fingerprint density at radius 3 is 2.73 bits per heavy atom. The van der Waals surface area contributed by atoms with E-state index in [1.807, 2.05) is 37.3 Å². The van der Waals surface area contributed by atoms with E-state index in [0.717, 1.165) is 31.8 Å². The molecule has 0 radical (unpaired) electrons. The lowest BCUT2D eigenvalue weighted by atomic mass is 9.58. The molecule has 2 aliphatic heterocycles. The molecule has 224 valence electrons. The van der Waals surface area contributed by atoms with Crippen LogP contribution in [0.25, 0.3) is 11.6 Å². The van der Waals surface area contributed by atoms with Crippen LogP contribution in [0.5, 0.6) is 5.75 Å². The molecule has 44 heavy (non-hydrogen) atoms. The highest BCUT2D eigenvalue weighted by atomic mass is 79.9. The van der Waals surface area contributed by atoms with Crippen LogP contribution >= 0.6 is 15.9 Å². The third-order valence-electron chi connectivity index (χ3n) is 8.74. The second-order valence-corrected chi connectivity index (χ2v) is 12.3. The second-order valence-electron chi connectivity index (χ2n) is 11.4. The van der Waals surface area contributed by atoms with Crippen LogP contribution in [-0.2, 0) is 14.2 Å². The molecule has 1 aromatic heterocycles. The molecule has 2 N–H and O–H groups in total. The van der Waals surface area contributed by atoms with Gasteiger partial charge in [0, 0.05) is 28.4 Å². The Morgan fingerprint density at radius 2 is 1.98 bits per heavy atom. The molecular formula is C32H29BBrN3O7. The van der Waals surface area contributed by atoms with Crippen molar-refractivity contribution in [3.63, 3.8) is 0 Å². The summed E-state index contributed by atoms with van der Waals surface area (Å²) in [5.41, 5.74) is 4.05. The van der Waals surface area contributed by atoms with Gasteiger partial charge in [0.05, 0.1) is 34.2 Å². The maximum atomic E-state index is 13.9. The number of non-ortho nitro benzene ring substituents is 1. The van der Waals surface area contributed by atoms with E-state index in [9.17, 15) is 29.8 Å². The van der Waals surface area contributed by atoms with Gasteiger partial charge in [0.25, 0.3) is 5.69 Å². The lowest BCUT2D eigenvalue weighted by Crippen LogP contribution is -2.46. The van der Waals surface area contributed by atoms with E-state index in [0.29, 0.717) is 24.8 Å². The van der Waals surface area contributed by atoms with Crippen molar-refractivity contribution < 1.29 is 29.3 Å². The quantitative estimate of drug-likeness (QED) is 0.107. The molecule has 0 spiro atoms. The van der Waals surface area contributed by atoms with Gasteiger partial charge in [-0.05, 0) is 92.0 Å². The average Bonchev–Trinajstić information content (AvgIpc) is 3.25. The lowest BCUT2D eigenvalue weighted by Gasteiger charge is -2.42. The summed E-state index contributed by atoms with van der Waals surface area (Å²) < 4.78 is 6.89. The second kappa shape index (κ2) is 12.1. The molecule has 10 nitrogen and oxygen atoms in total. The van der Waals surface area contributed by atoms with E-state index >= 15 is 0 Å². The number of allylic oxidation sites excluding steroid dienone is 2. The van der Waals surface area contributed by atoms with Crippen molar-refractivity contribution in [3.8, 4) is 5.75 Å². The minimum absolute atomic E-state index is 0.126. The molecular weight excluding hydrogens is 629 g/mol. The molecule has 1 aliphatic carbocycles. The van der Waals surface area contributed by atoms with Gasteiger partial charge in [0.1, 0.15) is 5.75 Å². The largest absolute Gasteiger partial charge is 0.507 e. The van der Waals surface area contributed by atoms with Crippen molar-refractivity contribution in [1.82, 2.24) is 4.98 Å². The van der Waals surface area contributed by atoms with Crippen molar-refractivity contribution in [2.24, 2.45) is 17.8 Å². The Hall–Kier alpha value is -4.13. The normalized spacial score (nSPS) is 23.6. The Morgan fingerprint density at radius 1 is 1.16 bits per heavy atom. The number of aromatic nitrogens is 1. The molecule has 12 heteroatoms. The van der Waals surface area contributed by atoms with Gasteiger partial charge < -0.3 is 14.8 Å². The summed E-state index contributed by atoms with van der Waals surface area (Å²) in [5, 5.41) is 32.7. The van der Waals surface area contributed by atoms with E-state index in [-0.39, 0.29) is 29.4 Å². The molecule has 2 saturated heterocycles. The van der Waals surface area contributed by atoms with Crippen molar-refractivity contribution in [2.75, 3.05) is 4.90 Å². The van der Waals surface area contributed by atoms with Gasteiger partial charge >= 0.3 is 7.12 Å². The summed E-state index contributed by atoms with van der Waals surface area (Å²) in [6, 6.07) is 16.3. The molecule has 0 saturated carbocycles. The number of hydrogen-bond donors (Lipinski definition) is 2. The standard InChI is InChI=1S/C32H29BBrN3O7/c1-18-13-24-30(32(40)36(31(24)39)22-5-4-6-23(16-22)37(42)43)25-17-33(41)44-28(29(18)25)11-8-19(26-7-2-3-12-35-26)14-20-15-21(34)9-10-27(20)38/h2-7,9-10,12,14-16,24-25,28,30,38,41H,8,11,13,17H2,1H3/b19-14-/t24-,25+,28-,30-/m1/s1. The number of nitro groups is 1. The first-order valence-electron chi connectivity index (χ1n) is 14.4. The average molecular weight is 658 g/mol. The fourth-order valence-electron chi connectivity index (χ4n) is 6.86. The van der Waals surface area contributed by atoms with Gasteiger partial charge in [-0.3, -0.25) is 24.7 Å². The van der Waals surface area contributed by atoms with Gasteiger partial charge in [-0.2, -0.15) is 0 Å². The fraction of sp³-hybridized carbons (Fsp3) is 0.281. The smallest absolute Gasteiger partial charge is 0.455 e. The number of pyridine rings is 1. The van der Waals surface area contributed by atoms with Crippen molar-refractivity contribution >= 4 is 57.9 Å². The number of nitrogens with zero attached hydrogens (tertiary/aromatic N) is 3. The highest BCUT2D eigenvalue weighted by molar-refractivity contribution is 9.10. The van der Waals surface area contributed by atoms with Crippen LogP contribution in [0.4, 0.5) is 11.4 Å². The maximum absolute atomic E-state index is 13.9. The maximum Gasteiger partial charge on any atom is 0.455 e. The molecule has 2 amide bonds. The predicted octanol–water partition coefficient (Wildman–Crippen LogP) is 5.80. The number of rotatable bonds is 7. The van der Waals surface area contributed by atoms with Crippen LogP contribution in [0.15, 0.2) is 82.5 Å². The number of carbonyl (C=O) groups excluding carboxylic acids is 2. The first kappa shape index (κ1) is 29.9. The molecule has 3 heterocycles. The molecule has 0 unspecified atom stereocenters. The summed E-state index contributed by atoms with van der Waals surface area (Å²) in [5.74, 6) is -2.41. The zero-order valence-corrected chi connectivity index (χ0v) is 25.4. The van der Waals surface area contributed by atoms with Crippen molar-refractivity contribution in [2.45, 2.75) is 38.6 Å². The van der Waals surface area contributed by atoms with E-state index in [1.165, 1.54) is 24.3 Å². The van der Waals surface area contributed by atoms with E-state index in [4.69, 9.17) is 4.65 Å². The van der Waals surface area contributed by atoms with Crippen molar-refractivity contribution in [3.05, 3.63) is 104 Å². The SMILES string of the molecule is CC1=C2[C@@H](CC/C(=C/c3cc(Br)ccc3O)c3ccccn3)OB(O)C[C@@H]2[C@@H]2C(=O)N(c3cccc([N+](=O)[O-])c3)C(=O)[C@@H]2C1. The number of nitro benzene ring substituents is 1. The summed E-state index contributed by atoms with van der Waals surface area (Å²) in [7, 11) is -1.13. The van der Waals surface area contributed by atoms with Crippen LogP contribution in [0, 0.1) is 27.9 Å². The summed E-state index contributed by atoms with van der Waals surface area (Å²) in [6.07, 6.45) is 4.55. The Labute approximate surface area is 262 Å². The van der Waals surface area contributed by atoms with E-state index in [2.05, 4.69) is 20.9 Å². The number of carbonyl (C=O) groups is 2. The zero-order chi connectivity index (χ0) is 31.1. The van der Waals surface area contributed by atoms with Crippen LogP contribution in [0.1, 0.15) is 37.4 Å². The first-order valence-corrected chi connectivity index (χ1v) is 15.2. The van der Waals surface area contributed by atoms with Gasteiger partial charge in [-0.1, -0.05) is 33.6 Å². The summed E-state index contributed by atoms with van der Waals surface area (Å²) in [4.78, 5) is 43.9. The Kier molecular flexibility index (Phi) is 8.23. The number of anilines is 1. The number of halogens is 1. The van der Waals surface area contributed by atoms with Gasteiger partial charge in [-0.25, -0.2) is 4.90 Å². The zero-order valence-electron chi connectivity index (χ0n) is 23.8. The number of phenols is 1. The number of aromatic hydroxyl groups is 1. The molecule has 2 fully saturated rings. The predicted molar refractivity (Wildman–Crippen MR) is 168 cm³/mol. The Balaban J connectivity index is 1.30. The Bertz CT molecular complexity index is 1710. The lowest BCUT2D eigenvalue weighted by molar-refractivity contribution is -0.384. The van der Waals surface area contributed by atoms with Crippen LogP contribution < -0.4 is 4.90 Å². The number of fused-ring (bicyclic) bond motifs is 3. The van der Waals surface area contributed by atoms with Crippen LogP contribution in [0.3, 0.4) is 0 Å². The highest BCUT2D eigenvalue weighted by Crippen LogP contribution is 2.51. The fourth-order valence-corrected chi connectivity index (χ4v) is 7.24. The molecule has 6 rings (SSSR count). The topological polar surface area (TPSA) is 143 Å². The van der Waals surface area contributed by atoms with E-state index < -0.39 is 41.8 Å².